The third kappa shape index (κ3) is 3.33. The Kier molecular flexibility index (Phi) is 4.73. The van der Waals surface area contributed by atoms with E-state index in [2.05, 4.69) is 45.3 Å². The van der Waals surface area contributed by atoms with Crippen LogP contribution >= 0.6 is 0 Å². The van der Waals surface area contributed by atoms with Crippen LogP contribution in [0.5, 0.6) is 0 Å². The van der Waals surface area contributed by atoms with Gasteiger partial charge in [0.05, 0.1) is 17.5 Å². The van der Waals surface area contributed by atoms with E-state index in [1.54, 1.807) is 0 Å². The summed E-state index contributed by atoms with van der Waals surface area (Å²) in [5, 5.41) is 11.2. The number of urea groups is 1. The number of amides is 2. The Bertz CT molecular complexity index is 911. The van der Waals surface area contributed by atoms with Gasteiger partial charge in [-0.05, 0) is 25.5 Å². The van der Waals surface area contributed by atoms with E-state index in [1.807, 2.05) is 41.9 Å². The number of carbonyl (C=O) groups excluding carboxylic acids is 1. The minimum Gasteiger partial charge on any atom is -0.377 e. The van der Waals surface area contributed by atoms with Crippen LogP contribution in [0.25, 0.3) is 5.69 Å². The molecule has 2 fully saturated rings. The van der Waals surface area contributed by atoms with E-state index in [-0.39, 0.29) is 29.0 Å². The van der Waals surface area contributed by atoms with Crippen molar-refractivity contribution in [3.05, 3.63) is 41.6 Å². The average Bonchev–Trinajstić information content (AvgIpc) is 3.24. The zero-order valence-electron chi connectivity index (χ0n) is 18.2. The summed E-state index contributed by atoms with van der Waals surface area (Å²) in [6.45, 7) is 13.6. The van der Waals surface area contributed by atoms with Gasteiger partial charge in [-0.2, -0.15) is 5.10 Å². The van der Waals surface area contributed by atoms with Crippen molar-refractivity contribution in [3.63, 3.8) is 0 Å². The van der Waals surface area contributed by atoms with Crippen LogP contribution in [0.3, 0.4) is 0 Å². The highest BCUT2D eigenvalue weighted by Gasteiger charge is 2.59. The number of para-hydroxylation sites is 1. The van der Waals surface area contributed by atoms with Crippen molar-refractivity contribution in [1.29, 1.82) is 0 Å². The molecule has 3 atom stereocenters. The first-order valence-corrected chi connectivity index (χ1v) is 10.5. The van der Waals surface area contributed by atoms with Crippen LogP contribution in [0.1, 0.15) is 52.3 Å². The van der Waals surface area contributed by atoms with Gasteiger partial charge in [-0.25, -0.2) is 9.48 Å². The number of nitrogens with one attached hydrogen (secondary N) is 2. The van der Waals surface area contributed by atoms with Gasteiger partial charge in [0.15, 0.2) is 0 Å². The molecule has 2 N–H and O–H groups in total. The molecule has 1 aromatic heterocycles. The molecule has 0 bridgehead atoms. The van der Waals surface area contributed by atoms with Crippen LogP contribution in [0.4, 0.5) is 10.6 Å². The molecular formula is C23H32N4O2. The van der Waals surface area contributed by atoms with Gasteiger partial charge in [-0.3, -0.25) is 5.32 Å². The number of rotatable bonds is 3. The highest BCUT2D eigenvalue weighted by Crippen LogP contribution is 2.52. The number of benzene rings is 1. The quantitative estimate of drug-likeness (QED) is 0.807. The van der Waals surface area contributed by atoms with Gasteiger partial charge in [0.1, 0.15) is 5.82 Å². The van der Waals surface area contributed by atoms with Crippen molar-refractivity contribution in [1.82, 2.24) is 15.1 Å². The molecule has 0 unspecified atom stereocenters. The zero-order chi connectivity index (χ0) is 21.0. The van der Waals surface area contributed by atoms with E-state index >= 15 is 0 Å². The maximum atomic E-state index is 13.0. The maximum Gasteiger partial charge on any atom is 0.320 e. The highest BCUT2D eigenvalue weighted by atomic mass is 16.5. The molecule has 4 rings (SSSR count). The number of fused-ring (bicyclic) bond motifs is 1. The van der Waals surface area contributed by atoms with E-state index < -0.39 is 0 Å². The lowest BCUT2D eigenvalue weighted by molar-refractivity contribution is -0.107. The standard InChI is InChI=1S/C23H32N4O2/c1-14-17(22(2,3)4)26-27(15-10-8-7-9-11-15)20(14)25-21(28)24-18-16-12-13-29-19(16)23(18,5)6/h7-11,16,18-19H,12-13H2,1-6H3,(H2,24,25,28)/t16-,18+,19-/m0/s1. The topological polar surface area (TPSA) is 68.2 Å². The third-order valence-electron chi connectivity index (χ3n) is 6.45. The van der Waals surface area contributed by atoms with Crippen molar-refractivity contribution in [3.8, 4) is 5.69 Å². The van der Waals surface area contributed by atoms with Gasteiger partial charge in [0.2, 0.25) is 0 Å². The first-order valence-electron chi connectivity index (χ1n) is 10.5. The summed E-state index contributed by atoms with van der Waals surface area (Å²) in [6, 6.07) is 9.85. The Hall–Kier alpha value is -2.34. The van der Waals surface area contributed by atoms with E-state index in [0.29, 0.717) is 5.92 Å². The number of hydrogen-bond donors (Lipinski definition) is 2. The number of hydrogen-bond acceptors (Lipinski definition) is 3. The van der Waals surface area contributed by atoms with Gasteiger partial charge >= 0.3 is 6.03 Å². The molecule has 1 aliphatic carbocycles. The molecule has 2 aliphatic rings. The Morgan fingerprint density at radius 1 is 1.24 bits per heavy atom. The maximum absolute atomic E-state index is 13.0. The molecule has 0 radical (unpaired) electrons. The summed E-state index contributed by atoms with van der Waals surface area (Å²) in [4.78, 5) is 13.0. The van der Waals surface area contributed by atoms with Gasteiger partial charge < -0.3 is 10.1 Å². The van der Waals surface area contributed by atoms with Gasteiger partial charge in [-0.15, -0.1) is 0 Å². The molecule has 1 saturated carbocycles. The minimum atomic E-state index is -0.186. The number of aromatic nitrogens is 2. The molecule has 29 heavy (non-hydrogen) atoms. The zero-order valence-corrected chi connectivity index (χ0v) is 18.2. The highest BCUT2D eigenvalue weighted by molar-refractivity contribution is 5.90. The number of anilines is 1. The fourth-order valence-electron chi connectivity index (χ4n) is 5.01. The van der Waals surface area contributed by atoms with Crippen molar-refractivity contribution in [2.75, 3.05) is 11.9 Å². The van der Waals surface area contributed by atoms with Crippen LogP contribution < -0.4 is 10.6 Å². The normalized spacial score (nSPS) is 25.2. The van der Waals surface area contributed by atoms with E-state index in [4.69, 9.17) is 9.84 Å². The first kappa shape index (κ1) is 20.0. The molecule has 1 saturated heterocycles. The van der Waals surface area contributed by atoms with E-state index in [9.17, 15) is 4.79 Å². The lowest BCUT2D eigenvalue weighted by Crippen LogP contribution is -2.67. The van der Waals surface area contributed by atoms with Gasteiger partial charge in [0.25, 0.3) is 0 Å². The molecule has 1 aromatic carbocycles. The van der Waals surface area contributed by atoms with Gasteiger partial charge in [0, 0.05) is 35.0 Å². The molecule has 1 aliphatic heterocycles. The summed E-state index contributed by atoms with van der Waals surface area (Å²) < 4.78 is 7.68. The molecule has 0 spiro atoms. The Morgan fingerprint density at radius 2 is 1.93 bits per heavy atom. The van der Waals surface area contributed by atoms with Crippen LogP contribution in [0.15, 0.2) is 30.3 Å². The minimum absolute atomic E-state index is 0.0518. The van der Waals surface area contributed by atoms with E-state index in [0.717, 1.165) is 35.8 Å². The second kappa shape index (κ2) is 6.87. The molecule has 156 valence electrons. The van der Waals surface area contributed by atoms with E-state index in [1.165, 1.54) is 0 Å². The first-order chi connectivity index (χ1) is 13.6. The number of ether oxygens (including phenoxy) is 1. The second-order valence-electron chi connectivity index (χ2n) is 9.96. The monoisotopic (exact) mass is 396 g/mol. The van der Waals surface area contributed by atoms with Crippen LogP contribution in [-0.4, -0.2) is 34.6 Å². The molecule has 2 heterocycles. The third-order valence-corrected chi connectivity index (χ3v) is 6.45. The lowest BCUT2D eigenvalue weighted by Gasteiger charge is -2.54. The van der Waals surface area contributed by atoms with Gasteiger partial charge in [-0.1, -0.05) is 52.8 Å². The lowest BCUT2D eigenvalue weighted by atomic mass is 9.57. The smallest absolute Gasteiger partial charge is 0.320 e. The summed E-state index contributed by atoms with van der Waals surface area (Å²) in [7, 11) is 0. The second-order valence-corrected chi connectivity index (χ2v) is 9.96. The molecule has 2 aromatic rings. The fourth-order valence-corrected chi connectivity index (χ4v) is 5.01. The summed E-state index contributed by atoms with van der Waals surface area (Å²) >= 11 is 0. The predicted octanol–water partition coefficient (Wildman–Crippen LogP) is 4.41. The Balaban J connectivity index is 1.61. The van der Waals surface area contributed by atoms with Crippen LogP contribution in [0, 0.1) is 18.3 Å². The van der Waals surface area contributed by atoms with Crippen LogP contribution in [-0.2, 0) is 10.2 Å². The Morgan fingerprint density at radius 3 is 2.59 bits per heavy atom. The fraction of sp³-hybridized carbons (Fsp3) is 0.565. The van der Waals surface area contributed by atoms with Crippen molar-refractivity contribution in [2.45, 2.75) is 65.5 Å². The number of carbonyl (C=O) groups is 1. The van der Waals surface area contributed by atoms with Crippen molar-refractivity contribution >= 4 is 11.8 Å². The summed E-state index contributed by atoms with van der Waals surface area (Å²) in [6.07, 6.45) is 1.26. The Labute approximate surface area is 173 Å². The van der Waals surface area contributed by atoms with Crippen LogP contribution in [0.2, 0.25) is 0 Å². The molecule has 6 heteroatoms. The molecule has 2 amide bonds. The van der Waals surface area contributed by atoms with Crippen molar-refractivity contribution < 1.29 is 9.53 Å². The summed E-state index contributed by atoms with van der Waals surface area (Å²) in [5.74, 6) is 1.12. The summed E-state index contributed by atoms with van der Waals surface area (Å²) in [5.41, 5.74) is 2.72. The molecule has 6 nitrogen and oxygen atoms in total. The van der Waals surface area contributed by atoms with Crippen molar-refractivity contribution in [2.24, 2.45) is 11.3 Å². The largest absolute Gasteiger partial charge is 0.377 e. The number of nitrogens with zero attached hydrogens (tertiary/aromatic N) is 2. The average molecular weight is 397 g/mol. The SMILES string of the molecule is Cc1c(C(C)(C)C)nn(-c2ccccc2)c1NC(=O)N[C@@H]1[C@@H]2CCO[C@@H]2C1(C)C. The predicted molar refractivity (Wildman–Crippen MR) is 115 cm³/mol. The molecular weight excluding hydrogens is 364 g/mol.